The Labute approximate surface area is 148 Å². The van der Waals surface area contributed by atoms with Crippen LogP contribution in [0.3, 0.4) is 0 Å². The molecule has 0 atom stereocenters. The van der Waals surface area contributed by atoms with E-state index in [4.69, 9.17) is 4.84 Å². The van der Waals surface area contributed by atoms with Gasteiger partial charge in [-0.05, 0) is 31.2 Å². The molecule has 130 valence electrons. The van der Waals surface area contributed by atoms with Gasteiger partial charge in [-0.15, -0.1) is 0 Å². The molecule has 0 saturated heterocycles. The van der Waals surface area contributed by atoms with Gasteiger partial charge in [0.05, 0.1) is 16.9 Å². The Kier molecular flexibility index (Phi) is 3.69. The maximum absolute atomic E-state index is 13.1. The van der Waals surface area contributed by atoms with Crippen molar-refractivity contribution in [2.24, 2.45) is 5.16 Å². The van der Waals surface area contributed by atoms with Crippen LogP contribution in [-0.2, 0) is 4.84 Å². The molecule has 7 heteroatoms. The summed E-state index contributed by atoms with van der Waals surface area (Å²) in [5.41, 5.74) is 1.22. The molecule has 4 rings (SSSR count). The summed E-state index contributed by atoms with van der Waals surface area (Å²) >= 11 is 0. The van der Waals surface area contributed by atoms with Gasteiger partial charge in [0.2, 0.25) is 0 Å². The average Bonchev–Trinajstić information content (AvgIpc) is 2.93. The smallest absolute Gasteiger partial charge is 0.357 e. The van der Waals surface area contributed by atoms with E-state index in [2.05, 4.69) is 5.16 Å². The molecule has 0 unspecified atom stereocenters. The van der Waals surface area contributed by atoms with Crippen LogP contribution < -0.4 is 11.4 Å². The lowest BCUT2D eigenvalue weighted by molar-refractivity contribution is 0.213. The molecule has 0 aliphatic carbocycles. The number of hydrogen-bond donors (Lipinski definition) is 0. The maximum Gasteiger partial charge on any atom is 0.357 e. The topological polar surface area (TPSA) is 69.5 Å². The van der Waals surface area contributed by atoms with Crippen LogP contribution >= 0.6 is 0 Å². The molecule has 2 aromatic carbocycles. The van der Waals surface area contributed by atoms with Crippen molar-refractivity contribution in [2.45, 2.75) is 6.92 Å². The molecule has 0 N–H and O–H groups in total. The van der Waals surface area contributed by atoms with Crippen LogP contribution in [-0.4, -0.2) is 26.4 Å². The average molecular weight is 348 g/mol. The van der Waals surface area contributed by atoms with E-state index in [-0.39, 0.29) is 0 Å². The zero-order chi connectivity index (χ0) is 18.3. The Morgan fingerprint density at radius 2 is 1.58 bits per heavy atom. The number of nitrogens with zero attached hydrogens (tertiary/aromatic N) is 4. The largest absolute Gasteiger partial charge is 0.399 e. The van der Waals surface area contributed by atoms with E-state index in [1.165, 1.54) is 16.1 Å². The van der Waals surface area contributed by atoms with Crippen molar-refractivity contribution in [3.63, 3.8) is 0 Å². The first-order valence-corrected chi connectivity index (χ1v) is 8.05. The minimum absolute atomic E-state index is 0.440. The first-order chi connectivity index (χ1) is 12.6. The fourth-order valence-corrected chi connectivity index (χ4v) is 3.11. The van der Waals surface area contributed by atoms with Crippen molar-refractivity contribution in [3.8, 4) is 5.69 Å². The highest BCUT2D eigenvalue weighted by molar-refractivity contribution is 5.99. The Balaban J connectivity index is 2.25. The number of para-hydroxylation sites is 2. The molecule has 4 aromatic rings. The summed E-state index contributed by atoms with van der Waals surface area (Å²) in [5.74, 6) is 0. The molecule has 0 spiro atoms. The zero-order valence-corrected chi connectivity index (χ0v) is 14.3. The summed E-state index contributed by atoms with van der Waals surface area (Å²) < 4.78 is 3.85. The molecule has 0 bridgehead atoms. The lowest BCUT2D eigenvalue weighted by Gasteiger charge is -2.08. The number of aromatic nitrogens is 3. The van der Waals surface area contributed by atoms with E-state index >= 15 is 0 Å². The van der Waals surface area contributed by atoms with Gasteiger partial charge in [0.1, 0.15) is 12.8 Å². The molecule has 2 aromatic heterocycles. The molecule has 0 saturated carbocycles. The molecule has 0 aliphatic rings. The predicted octanol–water partition coefficient (Wildman–Crippen LogP) is 2.07. The monoisotopic (exact) mass is 348 g/mol. The number of rotatable bonds is 3. The second kappa shape index (κ2) is 6.03. The zero-order valence-electron chi connectivity index (χ0n) is 14.3. The van der Waals surface area contributed by atoms with Crippen LogP contribution in [0.15, 0.2) is 75.4 Å². The Bertz CT molecular complexity index is 1260. The van der Waals surface area contributed by atoms with Gasteiger partial charge in [-0.2, -0.15) is 9.03 Å². The van der Waals surface area contributed by atoms with Crippen molar-refractivity contribution in [1.29, 1.82) is 0 Å². The van der Waals surface area contributed by atoms with Crippen LogP contribution in [0.1, 0.15) is 12.6 Å². The summed E-state index contributed by atoms with van der Waals surface area (Å²) in [6.07, 6.45) is 0. The first kappa shape index (κ1) is 15.9. The van der Waals surface area contributed by atoms with E-state index in [1.54, 1.807) is 37.3 Å². The fraction of sp³-hybridized carbons (Fsp3) is 0.105. The molecule has 26 heavy (non-hydrogen) atoms. The van der Waals surface area contributed by atoms with Crippen LogP contribution in [0.2, 0.25) is 0 Å². The van der Waals surface area contributed by atoms with E-state index < -0.39 is 11.4 Å². The molecule has 7 nitrogen and oxygen atoms in total. The van der Waals surface area contributed by atoms with E-state index in [0.29, 0.717) is 22.6 Å². The van der Waals surface area contributed by atoms with Gasteiger partial charge in [0.25, 0.3) is 0 Å². The van der Waals surface area contributed by atoms with Crippen LogP contribution in [0, 0.1) is 0 Å². The predicted molar refractivity (Wildman–Crippen MR) is 99.4 cm³/mol. The first-order valence-electron chi connectivity index (χ1n) is 8.05. The highest BCUT2D eigenvalue weighted by atomic mass is 16.6. The van der Waals surface area contributed by atoms with Crippen molar-refractivity contribution in [3.05, 3.63) is 87.3 Å². The Morgan fingerprint density at radius 3 is 2.31 bits per heavy atom. The van der Waals surface area contributed by atoms with Gasteiger partial charge in [-0.3, -0.25) is 0 Å². The third-order valence-electron chi connectivity index (χ3n) is 4.24. The molecule has 0 amide bonds. The van der Waals surface area contributed by atoms with E-state index in [9.17, 15) is 9.59 Å². The van der Waals surface area contributed by atoms with Crippen LogP contribution in [0.4, 0.5) is 0 Å². The molecule has 2 heterocycles. The molecular formula is C19H16N4O3. The molecule has 0 aliphatic heterocycles. The van der Waals surface area contributed by atoms with Crippen LogP contribution in [0.25, 0.3) is 16.6 Å². The summed E-state index contributed by atoms with van der Waals surface area (Å²) in [7, 11) is 1.44. The second-order valence-corrected chi connectivity index (χ2v) is 5.81. The second-order valence-electron chi connectivity index (χ2n) is 5.81. The lowest BCUT2D eigenvalue weighted by Crippen LogP contribution is -2.26. The number of fused-ring (bicyclic) bond motifs is 3. The van der Waals surface area contributed by atoms with E-state index in [0.717, 1.165) is 9.95 Å². The molecular weight excluding hydrogens is 332 g/mol. The lowest BCUT2D eigenvalue weighted by atomic mass is 10.2. The highest BCUT2D eigenvalue weighted by Gasteiger charge is 2.19. The fourth-order valence-electron chi connectivity index (χ4n) is 3.11. The van der Waals surface area contributed by atoms with Crippen molar-refractivity contribution in [1.82, 2.24) is 13.6 Å². The van der Waals surface area contributed by atoms with Gasteiger partial charge < -0.3 is 4.84 Å². The number of oxime groups is 1. The maximum atomic E-state index is 13.1. The quantitative estimate of drug-likeness (QED) is 0.420. The van der Waals surface area contributed by atoms with Crippen LogP contribution in [0.5, 0.6) is 0 Å². The van der Waals surface area contributed by atoms with Crippen molar-refractivity contribution >= 4 is 16.6 Å². The van der Waals surface area contributed by atoms with Gasteiger partial charge in [0.15, 0.2) is 0 Å². The minimum Gasteiger partial charge on any atom is -0.399 e. The summed E-state index contributed by atoms with van der Waals surface area (Å²) in [4.78, 5) is 31.1. The SMILES string of the molecule is CO/N=C(\C)c1cc2ccccc2n2c(=O)n(-c3ccccc3)c(=O)n12. The number of hydrogen-bond acceptors (Lipinski definition) is 4. The normalized spacial score (nSPS) is 12.0. The van der Waals surface area contributed by atoms with Crippen molar-refractivity contribution in [2.75, 3.05) is 7.11 Å². The Morgan fingerprint density at radius 1 is 0.923 bits per heavy atom. The van der Waals surface area contributed by atoms with Gasteiger partial charge in [0, 0.05) is 5.39 Å². The standard InChI is InChI=1S/C19H16N4O3/c1-13(20-26-2)17-12-14-8-6-7-11-16(14)22-18(24)21(19(25)23(17)22)15-9-4-3-5-10-15/h3-12H,1-2H3/b20-13+. The minimum atomic E-state index is -0.465. The van der Waals surface area contributed by atoms with Gasteiger partial charge in [-0.1, -0.05) is 41.6 Å². The highest BCUT2D eigenvalue weighted by Crippen LogP contribution is 2.15. The van der Waals surface area contributed by atoms with E-state index in [1.807, 2.05) is 30.3 Å². The molecule has 0 fully saturated rings. The molecule has 0 radical (unpaired) electrons. The van der Waals surface area contributed by atoms with Gasteiger partial charge >= 0.3 is 11.4 Å². The summed E-state index contributed by atoms with van der Waals surface area (Å²) in [6.45, 7) is 1.73. The Hall–Kier alpha value is -3.61. The summed E-state index contributed by atoms with van der Waals surface area (Å²) in [5, 5.41) is 4.76. The summed E-state index contributed by atoms with van der Waals surface area (Å²) in [6, 6.07) is 18.1. The third-order valence-corrected chi connectivity index (χ3v) is 4.24. The third kappa shape index (κ3) is 2.25. The van der Waals surface area contributed by atoms with Gasteiger partial charge in [-0.25, -0.2) is 14.2 Å². The number of benzene rings is 2. The van der Waals surface area contributed by atoms with Crippen molar-refractivity contribution < 1.29 is 4.84 Å².